The molecule has 2 nitrogen and oxygen atoms in total. The van der Waals surface area contributed by atoms with Crippen LogP contribution in [0.2, 0.25) is 0 Å². The highest BCUT2D eigenvalue weighted by atomic mass is 79.9. The van der Waals surface area contributed by atoms with Gasteiger partial charge in [0.2, 0.25) is 0 Å². The van der Waals surface area contributed by atoms with Crippen LogP contribution in [0.25, 0.3) is 0 Å². The minimum atomic E-state index is 0.0980. The number of carbonyl (C=O) groups excluding carboxylic acids is 1. The summed E-state index contributed by atoms with van der Waals surface area (Å²) in [5.74, 6) is 0.0980. The first-order valence-corrected chi connectivity index (χ1v) is 5.85. The van der Waals surface area contributed by atoms with Crippen molar-refractivity contribution >= 4 is 37.6 Å². The molecule has 14 heavy (non-hydrogen) atoms. The number of carbonyl (C=O) groups is 1. The van der Waals surface area contributed by atoms with Crippen molar-refractivity contribution in [3.8, 4) is 6.07 Å². The van der Waals surface area contributed by atoms with Crippen molar-refractivity contribution in [2.24, 2.45) is 0 Å². The fraction of sp³-hybridized carbons (Fsp3) is 0.200. The quantitative estimate of drug-likeness (QED) is 0.805. The molecule has 0 fully saturated rings. The van der Waals surface area contributed by atoms with Gasteiger partial charge in [0.05, 0.1) is 10.9 Å². The molecule has 0 spiro atoms. The summed E-state index contributed by atoms with van der Waals surface area (Å²) in [6, 6.07) is 7.39. The molecule has 0 radical (unpaired) electrons. The highest BCUT2D eigenvalue weighted by molar-refractivity contribution is 9.10. The molecule has 0 bridgehead atoms. The van der Waals surface area contributed by atoms with Crippen LogP contribution in [-0.2, 0) is 11.2 Å². The van der Waals surface area contributed by atoms with Crippen LogP contribution in [0.5, 0.6) is 0 Å². The van der Waals surface area contributed by atoms with E-state index in [1.807, 2.05) is 6.07 Å². The van der Waals surface area contributed by atoms with Gasteiger partial charge < -0.3 is 0 Å². The molecule has 1 aromatic carbocycles. The van der Waals surface area contributed by atoms with E-state index in [0.29, 0.717) is 17.3 Å². The summed E-state index contributed by atoms with van der Waals surface area (Å²) >= 11 is 6.41. The second-order valence-corrected chi connectivity index (χ2v) is 4.09. The summed E-state index contributed by atoms with van der Waals surface area (Å²) in [6.07, 6.45) is 0.349. The van der Waals surface area contributed by atoms with E-state index >= 15 is 0 Å². The molecule has 0 aromatic heterocycles. The maximum atomic E-state index is 11.2. The topological polar surface area (TPSA) is 40.9 Å². The zero-order chi connectivity index (χ0) is 10.6. The number of benzene rings is 1. The Bertz CT molecular complexity index is 396. The smallest absolute Gasteiger partial charge is 0.147 e. The number of rotatable bonds is 3. The first-order valence-electron chi connectivity index (χ1n) is 3.94. The fourth-order valence-electron chi connectivity index (χ4n) is 1.06. The Balaban J connectivity index is 2.99. The lowest BCUT2D eigenvalue weighted by Crippen LogP contribution is -2.04. The summed E-state index contributed by atoms with van der Waals surface area (Å²) in [4.78, 5) is 11.2. The maximum Gasteiger partial charge on any atom is 0.147 e. The SMILES string of the molecule is N#Cc1cccc(CC(=O)CBr)c1Br. The molecular formula is C10H7Br2NO. The molecule has 0 amide bonds. The molecule has 72 valence electrons. The van der Waals surface area contributed by atoms with Crippen molar-refractivity contribution in [3.63, 3.8) is 0 Å². The number of hydrogen-bond donors (Lipinski definition) is 0. The van der Waals surface area contributed by atoms with E-state index in [1.54, 1.807) is 12.1 Å². The van der Waals surface area contributed by atoms with Gasteiger partial charge in [0.1, 0.15) is 11.9 Å². The van der Waals surface area contributed by atoms with E-state index < -0.39 is 0 Å². The molecule has 0 aliphatic carbocycles. The Morgan fingerprint density at radius 1 is 1.50 bits per heavy atom. The van der Waals surface area contributed by atoms with Gasteiger partial charge in [0, 0.05) is 10.9 Å². The monoisotopic (exact) mass is 315 g/mol. The molecule has 0 aliphatic heterocycles. The van der Waals surface area contributed by atoms with Crippen LogP contribution in [0, 0.1) is 11.3 Å². The van der Waals surface area contributed by atoms with Crippen molar-refractivity contribution in [2.45, 2.75) is 6.42 Å². The highest BCUT2D eigenvalue weighted by Gasteiger charge is 2.08. The van der Waals surface area contributed by atoms with Gasteiger partial charge in [0.15, 0.2) is 0 Å². The molecule has 0 unspecified atom stereocenters. The molecule has 1 rings (SSSR count). The van der Waals surface area contributed by atoms with Crippen LogP contribution in [0.1, 0.15) is 11.1 Å². The standard InChI is InChI=1S/C10H7Br2NO/c11-5-9(14)4-7-2-1-3-8(6-13)10(7)12/h1-3H,4-5H2. The van der Waals surface area contributed by atoms with Gasteiger partial charge in [-0.1, -0.05) is 28.1 Å². The Hall–Kier alpha value is -0.660. The molecule has 0 atom stereocenters. The van der Waals surface area contributed by atoms with E-state index in [4.69, 9.17) is 5.26 Å². The van der Waals surface area contributed by atoms with Gasteiger partial charge in [0.25, 0.3) is 0 Å². The van der Waals surface area contributed by atoms with E-state index in [1.165, 1.54) is 0 Å². The Labute approximate surface area is 99.2 Å². The van der Waals surface area contributed by atoms with Gasteiger partial charge in [-0.2, -0.15) is 5.26 Å². The largest absolute Gasteiger partial charge is 0.298 e. The average Bonchev–Trinajstić information content (AvgIpc) is 2.21. The van der Waals surface area contributed by atoms with Crippen LogP contribution in [-0.4, -0.2) is 11.1 Å². The third-order valence-corrected chi connectivity index (χ3v) is 3.30. The third kappa shape index (κ3) is 2.66. The predicted molar refractivity (Wildman–Crippen MR) is 61.4 cm³/mol. The lowest BCUT2D eigenvalue weighted by molar-refractivity contribution is -0.115. The number of hydrogen-bond acceptors (Lipinski definition) is 2. The lowest BCUT2D eigenvalue weighted by atomic mass is 10.1. The van der Waals surface area contributed by atoms with Crippen LogP contribution in [0.15, 0.2) is 22.7 Å². The summed E-state index contributed by atoms with van der Waals surface area (Å²) in [7, 11) is 0. The van der Waals surface area contributed by atoms with Crippen molar-refractivity contribution in [3.05, 3.63) is 33.8 Å². The zero-order valence-electron chi connectivity index (χ0n) is 7.26. The highest BCUT2D eigenvalue weighted by Crippen LogP contribution is 2.21. The normalized spacial score (nSPS) is 9.50. The molecule has 0 aliphatic rings. The van der Waals surface area contributed by atoms with Crippen molar-refractivity contribution in [1.29, 1.82) is 5.26 Å². The van der Waals surface area contributed by atoms with Crippen LogP contribution < -0.4 is 0 Å². The Morgan fingerprint density at radius 3 is 2.79 bits per heavy atom. The minimum absolute atomic E-state index is 0.0980. The number of ketones is 1. The molecule has 0 saturated heterocycles. The summed E-state index contributed by atoms with van der Waals surface area (Å²) in [5.41, 5.74) is 1.42. The molecule has 0 N–H and O–H groups in total. The van der Waals surface area contributed by atoms with E-state index in [9.17, 15) is 4.79 Å². The molecule has 0 heterocycles. The number of alkyl halides is 1. The summed E-state index contributed by atoms with van der Waals surface area (Å²) < 4.78 is 0.719. The van der Waals surface area contributed by atoms with Crippen LogP contribution >= 0.6 is 31.9 Å². The van der Waals surface area contributed by atoms with Gasteiger partial charge in [-0.15, -0.1) is 0 Å². The second-order valence-electron chi connectivity index (χ2n) is 2.74. The third-order valence-electron chi connectivity index (χ3n) is 1.74. The Morgan fingerprint density at radius 2 is 2.21 bits per heavy atom. The Kier molecular flexibility index (Phi) is 4.30. The zero-order valence-corrected chi connectivity index (χ0v) is 10.4. The first kappa shape index (κ1) is 11.4. The van der Waals surface area contributed by atoms with E-state index in [2.05, 4.69) is 37.9 Å². The fourth-order valence-corrected chi connectivity index (χ4v) is 1.75. The molecule has 0 saturated carbocycles. The van der Waals surface area contributed by atoms with E-state index in [0.717, 1.165) is 10.0 Å². The van der Waals surface area contributed by atoms with Gasteiger partial charge in [-0.3, -0.25) is 4.79 Å². The molecule has 1 aromatic rings. The lowest BCUT2D eigenvalue weighted by Gasteiger charge is -2.03. The van der Waals surface area contributed by atoms with Crippen molar-refractivity contribution < 1.29 is 4.79 Å². The molecular weight excluding hydrogens is 310 g/mol. The van der Waals surface area contributed by atoms with Crippen LogP contribution in [0.4, 0.5) is 0 Å². The number of nitriles is 1. The second kappa shape index (κ2) is 5.28. The minimum Gasteiger partial charge on any atom is -0.298 e. The van der Waals surface area contributed by atoms with Crippen molar-refractivity contribution in [1.82, 2.24) is 0 Å². The van der Waals surface area contributed by atoms with E-state index in [-0.39, 0.29) is 5.78 Å². The summed E-state index contributed by atoms with van der Waals surface area (Å²) in [5, 5.41) is 9.10. The summed E-state index contributed by atoms with van der Waals surface area (Å²) in [6.45, 7) is 0. The maximum absolute atomic E-state index is 11.2. The first-order chi connectivity index (χ1) is 6.69. The van der Waals surface area contributed by atoms with Gasteiger partial charge in [-0.05, 0) is 27.6 Å². The number of nitrogens with zero attached hydrogens (tertiary/aromatic N) is 1. The van der Waals surface area contributed by atoms with Gasteiger partial charge >= 0.3 is 0 Å². The molecule has 4 heteroatoms. The van der Waals surface area contributed by atoms with Crippen molar-refractivity contribution in [2.75, 3.05) is 5.33 Å². The number of Topliss-reactive ketones (excluding diaryl/α,β-unsaturated/α-hetero) is 1. The van der Waals surface area contributed by atoms with Gasteiger partial charge in [-0.25, -0.2) is 0 Å². The predicted octanol–water partition coefficient (Wildman–Crippen LogP) is 2.83. The number of halogens is 2. The average molecular weight is 317 g/mol. The van der Waals surface area contributed by atoms with Crippen LogP contribution in [0.3, 0.4) is 0 Å².